The maximum absolute atomic E-state index is 14.3. The number of halogens is 4. The van der Waals surface area contributed by atoms with Gasteiger partial charge in [0.2, 0.25) is 5.91 Å². The van der Waals surface area contributed by atoms with Crippen molar-refractivity contribution >= 4 is 69.6 Å². The largest absolute Gasteiger partial charge is 0.340 e. The SMILES string of the molecule is CN(Cc1cc(Br)cc(Br)c1)C(=O)C1(N2CCN(Cc3cc(Br)cc(Br)c3)CC2)Cc2ccccc2C1. The topological polar surface area (TPSA) is 26.8 Å². The van der Waals surface area contributed by atoms with E-state index in [4.69, 9.17) is 0 Å². The van der Waals surface area contributed by atoms with Crippen LogP contribution in [-0.2, 0) is 30.7 Å². The lowest BCUT2D eigenvalue weighted by Crippen LogP contribution is -2.64. The Balaban J connectivity index is 1.34. The standard InChI is InChI=1S/C29H29Br4N3O/c1-34(18-20-10-24(30)14-25(31)11-20)28(37)29(16-22-4-2-3-5-23(22)17-29)36-8-6-35(7-9-36)19-21-12-26(32)15-27(33)13-21/h2-5,10-15H,6-9,16-19H2,1H3. The molecule has 0 N–H and O–H groups in total. The van der Waals surface area contributed by atoms with Gasteiger partial charge in [-0.25, -0.2) is 0 Å². The minimum Gasteiger partial charge on any atom is -0.340 e. The number of likely N-dealkylation sites (N-methyl/N-ethyl adjacent to an activating group) is 1. The van der Waals surface area contributed by atoms with Crippen molar-refractivity contribution in [1.82, 2.24) is 14.7 Å². The molecule has 1 amide bonds. The fourth-order valence-corrected chi connectivity index (χ4v) is 8.58. The molecule has 2 aliphatic rings. The highest BCUT2D eigenvalue weighted by atomic mass is 79.9. The highest BCUT2D eigenvalue weighted by molar-refractivity contribution is 9.11. The molecule has 1 fully saturated rings. The zero-order valence-corrected chi connectivity index (χ0v) is 27.0. The van der Waals surface area contributed by atoms with Crippen LogP contribution in [0, 0.1) is 0 Å². The lowest BCUT2D eigenvalue weighted by atomic mass is 9.90. The molecule has 1 saturated heterocycles. The number of amides is 1. The average molecular weight is 755 g/mol. The van der Waals surface area contributed by atoms with Crippen LogP contribution in [0.4, 0.5) is 0 Å². The van der Waals surface area contributed by atoms with E-state index >= 15 is 0 Å². The molecule has 194 valence electrons. The average Bonchev–Trinajstić information content (AvgIpc) is 3.23. The van der Waals surface area contributed by atoms with Gasteiger partial charge >= 0.3 is 0 Å². The lowest BCUT2D eigenvalue weighted by Gasteiger charge is -2.46. The number of benzene rings is 3. The Kier molecular flexibility index (Phi) is 8.64. The van der Waals surface area contributed by atoms with Gasteiger partial charge in [0.05, 0.1) is 0 Å². The zero-order valence-electron chi connectivity index (χ0n) is 20.7. The van der Waals surface area contributed by atoms with Gasteiger partial charge in [-0.15, -0.1) is 0 Å². The van der Waals surface area contributed by atoms with Gasteiger partial charge in [0.25, 0.3) is 0 Å². The summed E-state index contributed by atoms with van der Waals surface area (Å²) in [6.07, 6.45) is 1.54. The number of hydrogen-bond acceptors (Lipinski definition) is 3. The molecule has 0 saturated carbocycles. The molecule has 0 aromatic heterocycles. The normalized spacial score (nSPS) is 17.5. The summed E-state index contributed by atoms with van der Waals surface area (Å²) in [6.45, 7) is 5.13. The molecule has 3 aromatic rings. The van der Waals surface area contributed by atoms with E-state index in [1.54, 1.807) is 0 Å². The van der Waals surface area contributed by atoms with Gasteiger partial charge in [0.1, 0.15) is 5.54 Å². The molecule has 0 unspecified atom stereocenters. The van der Waals surface area contributed by atoms with Crippen LogP contribution in [-0.4, -0.2) is 59.4 Å². The molecule has 1 aliphatic carbocycles. The molecule has 8 heteroatoms. The van der Waals surface area contributed by atoms with Crippen LogP contribution in [0.3, 0.4) is 0 Å². The molecule has 37 heavy (non-hydrogen) atoms. The van der Waals surface area contributed by atoms with Crippen molar-refractivity contribution in [1.29, 1.82) is 0 Å². The van der Waals surface area contributed by atoms with Crippen molar-refractivity contribution in [2.75, 3.05) is 33.2 Å². The third kappa shape index (κ3) is 6.25. The van der Waals surface area contributed by atoms with E-state index in [1.807, 2.05) is 18.0 Å². The van der Waals surface area contributed by atoms with Gasteiger partial charge in [-0.05, 0) is 58.7 Å². The summed E-state index contributed by atoms with van der Waals surface area (Å²) in [5, 5.41) is 0. The van der Waals surface area contributed by atoms with Gasteiger partial charge < -0.3 is 4.90 Å². The van der Waals surface area contributed by atoms with Crippen LogP contribution in [0.2, 0.25) is 0 Å². The minimum atomic E-state index is -0.535. The first kappa shape index (κ1) is 27.5. The summed E-state index contributed by atoms with van der Waals surface area (Å²) in [5.74, 6) is 0.212. The van der Waals surface area contributed by atoms with Crippen LogP contribution >= 0.6 is 63.7 Å². The van der Waals surface area contributed by atoms with Crippen molar-refractivity contribution in [3.63, 3.8) is 0 Å². The highest BCUT2D eigenvalue weighted by Crippen LogP contribution is 2.37. The van der Waals surface area contributed by atoms with E-state index in [0.717, 1.165) is 69.0 Å². The first-order chi connectivity index (χ1) is 17.7. The Hall–Kier alpha value is -1.03. The quantitative estimate of drug-likeness (QED) is 0.270. The summed E-state index contributed by atoms with van der Waals surface area (Å²) in [5.41, 5.74) is 4.46. The monoisotopic (exact) mass is 751 g/mol. The highest BCUT2D eigenvalue weighted by Gasteiger charge is 2.50. The summed E-state index contributed by atoms with van der Waals surface area (Å²) < 4.78 is 4.19. The second-order valence-corrected chi connectivity index (χ2v) is 13.8. The molecule has 0 atom stereocenters. The van der Waals surface area contributed by atoms with Crippen LogP contribution in [0.15, 0.2) is 78.6 Å². The van der Waals surface area contributed by atoms with E-state index in [1.165, 1.54) is 16.7 Å². The fourth-order valence-electron chi connectivity index (χ4n) is 5.80. The smallest absolute Gasteiger partial charge is 0.243 e. The maximum atomic E-state index is 14.3. The summed E-state index contributed by atoms with van der Waals surface area (Å²) in [7, 11) is 1.95. The summed E-state index contributed by atoms with van der Waals surface area (Å²) in [6, 6.07) is 21.2. The minimum absolute atomic E-state index is 0.212. The predicted molar refractivity (Wildman–Crippen MR) is 164 cm³/mol. The van der Waals surface area contributed by atoms with E-state index < -0.39 is 5.54 Å². The maximum Gasteiger partial charge on any atom is 0.243 e. The van der Waals surface area contributed by atoms with Gasteiger partial charge in [0.15, 0.2) is 0 Å². The zero-order chi connectivity index (χ0) is 26.2. The Bertz CT molecular complexity index is 1240. The molecule has 0 radical (unpaired) electrons. The number of piperazine rings is 1. The van der Waals surface area contributed by atoms with Crippen LogP contribution < -0.4 is 0 Å². The van der Waals surface area contributed by atoms with Crippen LogP contribution in [0.1, 0.15) is 22.3 Å². The number of rotatable bonds is 6. The predicted octanol–water partition coefficient (Wildman–Crippen LogP) is 7.05. The number of carbonyl (C=O) groups excluding carboxylic acids is 1. The number of carbonyl (C=O) groups is 1. The third-order valence-corrected chi connectivity index (χ3v) is 9.31. The van der Waals surface area contributed by atoms with E-state index in [2.05, 4.69) is 128 Å². The van der Waals surface area contributed by atoms with Crippen LogP contribution in [0.5, 0.6) is 0 Å². The Morgan fingerprint density at radius 1 is 0.784 bits per heavy atom. The van der Waals surface area contributed by atoms with Crippen molar-refractivity contribution < 1.29 is 4.79 Å². The molecule has 5 rings (SSSR count). The second-order valence-electron chi connectivity index (χ2n) is 10.1. The van der Waals surface area contributed by atoms with E-state index in [-0.39, 0.29) is 5.91 Å². The van der Waals surface area contributed by atoms with E-state index in [0.29, 0.717) is 6.54 Å². The molecule has 4 nitrogen and oxygen atoms in total. The molecule has 0 spiro atoms. The first-order valence-electron chi connectivity index (χ1n) is 12.4. The van der Waals surface area contributed by atoms with Crippen molar-refractivity contribution in [2.45, 2.75) is 31.5 Å². The van der Waals surface area contributed by atoms with Gasteiger partial charge in [-0.1, -0.05) is 88.0 Å². The van der Waals surface area contributed by atoms with Gasteiger partial charge in [-0.3, -0.25) is 14.6 Å². The number of hydrogen-bond donors (Lipinski definition) is 0. The molecule has 1 aliphatic heterocycles. The second kappa shape index (κ2) is 11.6. The Morgan fingerprint density at radius 2 is 1.27 bits per heavy atom. The Morgan fingerprint density at radius 3 is 1.78 bits per heavy atom. The third-order valence-electron chi connectivity index (χ3n) is 7.48. The molecule has 3 aromatic carbocycles. The molecular weight excluding hydrogens is 726 g/mol. The van der Waals surface area contributed by atoms with Crippen molar-refractivity contribution in [3.8, 4) is 0 Å². The molecule has 1 heterocycles. The number of nitrogens with zero attached hydrogens (tertiary/aromatic N) is 3. The Labute approximate surface area is 252 Å². The molecular formula is C29H29Br4N3O. The first-order valence-corrected chi connectivity index (χ1v) is 15.6. The van der Waals surface area contributed by atoms with Crippen molar-refractivity contribution in [2.24, 2.45) is 0 Å². The number of fused-ring (bicyclic) bond motifs is 1. The van der Waals surface area contributed by atoms with E-state index in [9.17, 15) is 4.79 Å². The summed E-state index contributed by atoms with van der Waals surface area (Å²) >= 11 is 14.4. The summed E-state index contributed by atoms with van der Waals surface area (Å²) in [4.78, 5) is 21.2. The van der Waals surface area contributed by atoms with Gasteiger partial charge in [-0.2, -0.15) is 0 Å². The molecule has 0 bridgehead atoms. The fraction of sp³-hybridized carbons (Fsp3) is 0.345. The van der Waals surface area contributed by atoms with Crippen molar-refractivity contribution in [3.05, 3.63) is 101 Å². The van der Waals surface area contributed by atoms with Gasteiger partial charge in [0, 0.05) is 77.0 Å². The van der Waals surface area contributed by atoms with Crippen LogP contribution in [0.25, 0.3) is 0 Å². The lowest BCUT2D eigenvalue weighted by molar-refractivity contribution is -0.145.